The van der Waals surface area contributed by atoms with Gasteiger partial charge in [-0.25, -0.2) is 9.59 Å². The molecule has 3 atom stereocenters. The van der Waals surface area contributed by atoms with E-state index in [0.717, 1.165) is 7.11 Å². The van der Waals surface area contributed by atoms with Crippen LogP contribution in [-0.4, -0.2) is 93.5 Å². The predicted molar refractivity (Wildman–Crippen MR) is 247 cm³/mol. The number of aromatic hydroxyl groups is 1. The van der Waals surface area contributed by atoms with Crippen LogP contribution in [0.5, 0.6) is 17.2 Å². The summed E-state index contributed by atoms with van der Waals surface area (Å²) in [6.45, 7) is 6.96. The summed E-state index contributed by atoms with van der Waals surface area (Å²) in [5.74, 6) is -7.42. The third kappa shape index (κ3) is 12.8. The lowest BCUT2D eigenvalue weighted by Gasteiger charge is -2.23. The third-order valence-electron chi connectivity index (χ3n) is 9.90. The number of nitrogens with zero attached hydrogens (tertiary/aromatic N) is 1. The van der Waals surface area contributed by atoms with Gasteiger partial charge >= 0.3 is 11.9 Å². The first kappa shape index (κ1) is 50.5. The summed E-state index contributed by atoms with van der Waals surface area (Å²) in [7, 11) is 1.07. The summed E-state index contributed by atoms with van der Waals surface area (Å²) in [6.07, 6.45) is -2.01. The van der Waals surface area contributed by atoms with Gasteiger partial charge in [-0.05, 0) is 130 Å². The van der Waals surface area contributed by atoms with Gasteiger partial charge in [-0.15, -0.1) is 0 Å². The second kappa shape index (κ2) is 22.6. The zero-order valence-corrected chi connectivity index (χ0v) is 37.1. The number of carbonyl (C=O) groups excluding carboxylic acids is 5. The minimum absolute atomic E-state index is 0.00412. The second-order valence-corrected chi connectivity index (χ2v) is 15.1. The van der Waals surface area contributed by atoms with E-state index in [9.17, 15) is 54.1 Å². The maximum Gasteiger partial charge on any atom is 0.335 e. The first-order valence-corrected chi connectivity index (χ1v) is 20.6. The largest absolute Gasteiger partial charge is 0.733 e. The molecule has 356 valence electrons. The summed E-state index contributed by atoms with van der Waals surface area (Å²) in [6, 6.07) is 20.4. The number of nitrogens with one attached hydrogen (secondary N) is 5. The van der Waals surface area contributed by atoms with Gasteiger partial charge in [0.15, 0.2) is 23.6 Å². The van der Waals surface area contributed by atoms with E-state index >= 15 is 0 Å². The number of carboxylic acids is 2. The van der Waals surface area contributed by atoms with Crippen LogP contribution in [-0.2, 0) is 14.3 Å². The van der Waals surface area contributed by atoms with Crippen molar-refractivity contribution in [2.45, 2.75) is 58.5 Å². The lowest BCUT2D eigenvalue weighted by Crippen LogP contribution is -2.54. The Bertz CT molecular complexity index is 2670. The molecular weight excluding hydrogens is 889 g/mol. The van der Waals surface area contributed by atoms with Gasteiger partial charge in [-0.2, -0.15) is 0 Å². The number of hydrogen-bond donors (Lipinski definition) is 9. The number of ether oxygens (including phenoxy) is 3. The Morgan fingerprint density at radius 1 is 0.647 bits per heavy atom. The van der Waals surface area contributed by atoms with Crippen molar-refractivity contribution >= 4 is 69.9 Å². The van der Waals surface area contributed by atoms with Crippen LogP contribution in [0.3, 0.4) is 0 Å². The number of carbonyl (C=O) groups is 7. The lowest BCUT2D eigenvalue weighted by atomic mass is 10.1. The maximum atomic E-state index is 13.5. The zero-order valence-electron chi connectivity index (χ0n) is 37.1. The number of benzene rings is 5. The van der Waals surface area contributed by atoms with Crippen LogP contribution in [0.25, 0.3) is 0 Å². The Labute approximate surface area is 388 Å². The van der Waals surface area contributed by atoms with Gasteiger partial charge in [-0.3, -0.25) is 29.2 Å². The smallest absolute Gasteiger partial charge is 0.335 e. The Morgan fingerprint density at radius 2 is 1.16 bits per heavy atom. The average Bonchev–Trinajstić information content (AvgIpc) is 3.30. The molecule has 0 radical (unpaired) electrons. The van der Waals surface area contributed by atoms with E-state index < -0.39 is 65.5 Å². The monoisotopic (exact) mass is 935 g/mol. The van der Waals surface area contributed by atoms with Crippen LogP contribution in [0.2, 0.25) is 0 Å². The fourth-order valence-electron chi connectivity index (χ4n) is 6.20. The lowest BCUT2D eigenvalue weighted by molar-refractivity contribution is -0.147. The van der Waals surface area contributed by atoms with Crippen molar-refractivity contribution in [3.05, 3.63) is 136 Å². The van der Waals surface area contributed by atoms with Gasteiger partial charge < -0.3 is 66.5 Å². The molecule has 21 nitrogen and oxygen atoms in total. The summed E-state index contributed by atoms with van der Waals surface area (Å²) in [5, 5.41) is 63.0. The molecule has 21 heteroatoms. The molecule has 0 aromatic heterocycles. The Morgan fingerprint density at radius 3 is 1.69 bits per heavy atom. The Kier molecular flexibility index (Phi) is 16.8. The molecule has 0 saturated carbocycles. The summed E-state index contributed by atoms with van der Waals surface area (Å²) < 4.78 is 16.9. The molecule has 0 spiro atoms. The van der Waals surface area contributed by atoms with E-state index in [4.69, 9.17) is 19.4 Å². The summed E-state index contributed by atoms with van der Waals surface area (Å²) >= 11 is 0. The molecule has 0 aliphatic heterocycles. The minimum Gasteiger partial charge on any atom is -0.733 e. The fraction of sp³-hybridized carbons (Fsp3) is 0.213. The number of phenolic OH excluding ortho intramolecular Hbond substituents is 1. The molecule has 0 aliphatic rings. The van der Waals surface area contributed by atoms with Crippen LogP contribution in [0, 0.1) is 5.21 Å². The van der Waals surface area contributed by atoms with Crippen molar-refractivity contribution in [3.8, 4) is 17.2 Å². The number of anilines is 5. The topological polar surface area (TPSA) is 315 Å². The highest BCUT2D eigenvalue weighted by Crippen LogP contribution is 2.40. The highest BCUT2D eigenvalue weighted by Gasteiger charge is 2.36. The van der Waals surface area contributed by atoms with Crippen LogP contribution in [0.15, 0.2) is 103 Å². The van der Waals surface area contributed by atoms with Gasteiger partial charge in [0.1, 0.15) is 5.75 Å². The van der Waals surface area contributed by atoms with Crippen molar-refractivity contribution < 1.29 is 68.3 Å². The number of phenols is 1. The number of carboxylic acid groups (broad SMARTS) is 2. The number of aromatic carboxylic acids is 1. The second-order valence-electron chi connectivity index (χ2n) is 15.1. The molecule has 0 unspecified atom stereocenters. The van der Waals surface area contributed by atoms with E-state index in [1.165, 1.54) is 103 Å². The van der Waals surface area contributed by atoms with Crippen LogP contribution < -0.4 is 41.3 Å². The van der Waals surface area contributed by atoms with Crippen molar-refractivity contribution in [1.82, 2.24) is 5.32 Å². The Hall–Kier alpha value is -8.53. The average molecular weight is 936 g/mol. The standard InChI is InChI=1S/C47H47N6O15/c1-6-25(4)68-36-23-29(46(60)61)13-21-34(36)50-44(58)33-20-22-35(39(38(33)54)67-24(2)3)51-42(56)26-7-16-31(17-8-26)49-45(59)40(66-5)37(47(62)63)52-43(57)27-9-14-30(15-10-27)48-41(55)28-11-18-32(19-12-28)53(64)65/h7-25,37,40,54,64H,6H2,1-5H3,(H,48,55)(H,49,59)(H,50,58)(H,51,56)(H,52,57)(H,60,61)(H,62,63)/q-1/t25-,37+,40-/m1/s1. The number of hydrogen-bond acceptors (Lipinski definition) is 14. The fourth-order valence-corrected chi connectivity index (χ4v) is 6.20. The van der Waals surface area contributed by atoms with Gasteiger partial charge in [-0.1, -0.05) is 6.92 Å². The minimum atomic E-state index is -1.88. The molecular formula is C47H47N6O15-. The van der Waals surface area contributed by atoms with Gasteiger partial charge in [0.2, 0.25) is 0 Å². The van der Waals surface area contributed by atoms with Crippen LogP contribution >= 0.6 is 0 Å². The molecule has 0 saturated heterocycles. The van der Waals surface area contributed by atoms with E-state index in [-0.39, 0.29) is 79.1 Å². The SMILES string of the molecule is CC[C@@H](C)Oc1cc(C(=O)O)ccc1NC(=O)c1ccc(NC(=O)c2ccc(NC(=O)[C@H](OC)[C@H](NC(=O)c3ccc(NC(=O)c4ccc(N([O-])O)cc4)cc3)C(=O)O)cc2)c(OC(C)C)c1O. The molecule has 5 aromatic rings. The number of rotatable bonds is 20. The number of aliphatic carboxylic acids is 1. The van der Waals surface area contributed by atoms with E-state index in [2.05, 4.69) is 26.6 Å². The first-order chi connectivity index (χ1) is 32.3. The molecule has 0 aliphatic carbocycles. The van der Waals surface area contributed by atoms with E-state index in [0.29, 0.717) is 6.42 Å². The summed E-state index contributed by atoms with van der Waals surface area (Å²) in [5.41, 5.74) is 0.340. The predicted octanol–water partition coefficient (Wildman–Crippen LogP) is 6.34. The van der Waals surface area contributed by atoms with Crippen molar-refractivity contribution in [3.63, 3.8) is 0 Å². The molecule has 5 aromatic carbocycles. The zero-order chi connectivity index (χ0) is 49.8. The molecule has 0 bridgehead atoms. The van der Waals surface area contributed by atoms with Gasteiger partial charge in [0.05, 0.1) is 40.4 Å². The van der Waals surface area contributed by atoms with Crippen LogP contribution in [0.4, 0.5) is 28.4 Å². The van der Waals surface area contributed by atoms with Crippen molar-refractivity contribution in [2.75, 3.05) is 33.6 Å². The first-order valence-electron chi connectivity index (χ1n) is 20.6. The third-order valence-corrected chi connectivity index (χ3v) is 9.90. The molecule has 9 N–H and O–H groups in total. The van der Waals surface area contributed by atoms with E-state index in [1.54, 1.807) is 20.8 Å². The number of methoxy groups -OCH3 is 1. The molecule has 0 heterocycles. The van der Waals surface area contributed by atoms with Gasteiger partial charge in [0, 0.05) is 35.2 Å². The van der Waals surface area contributed by atoms with E-state index in [1.807, 2.05) is 6.92 Å². The van der Waals surface area contributed by atoms with Crippen molar-refractivity contribution in [2.24, 2.45) is 0 Å². The quantitative estimate of drug-likeness (QED) is 0.0384. The van der Waals surface area contributed by atoms with Crippen LogP contribution in [0.1, 0.15) is 85.9 Å². The Balaban J connectivity index is 1.23. The summed E-state index contributed by atoms with van der Waals surface area (Å²) in [4.78, 5) is 89.9. The molecule has 5 amide bonds. The van der Waals surface area contributed by atoms with Gasteiger partial charge in [0.25, 0.3) is 29.5 Å². The molecule has 0 fully saturated rings. The normalized spacial score (nSPS) is 12.1. The maximum absolute atomic E-state index is 13.5. The highest BCUT2D eigenvalue weighted by molar-refractivity contribution is 6.10. The van der Waals surface area contributed by atoms with Crippen molar-refractivity contribution in [1.29, 1.82) is 0 Å². The molecule has 68 heavy (non-hydrogen) atoms. The molecule has 5 rings (SSSR count). The number of amides is 5. The highest BCUT2D eigenvalue weighted by atomic mass is 16.8.